The van der Waals surface area contributed by atoms with Gasteiger partial charge in [0.15, 0.2) is 0 Å². The second kappa shape index (κ2) is 3.45. The van der Waals surface area contributed by atoms with Crippen molar-refractivity contribution in [3.8, 4) is 0 Å². The van der Waals surface area contributed by atoms with Crippen LogP contribution in [0.15, 0.2) is 0 Å². The summed E-state index contributed by atoms with van der Waals surface area (Å²) in [5, 5.41) is 16.9. The molecule has 0 heterocycles. The fourth-order valence-electron chi connectivity index (χ4n) is 0.574. The van der Waals surface area contributed by atoms with E-state index in [0.717, 1.165) is 0 Å². The predicted molar refractivity (Wildman–Crippen MR) is 33.0 cm³/mol. The standard InChI is InChI=1S/C6H12O3/c1-4(2)5(3-7)6(8)9/h4-5,7H,3H2,1-2H3,(H,8,9)/t5-/m1/s1. The molecular formula is C6H12O3. The summed E-state index contributed by atoms with van der Waals surface area (Å²) < 4.78 is 0. The van der Waals surface area contributed by atoms with E-state index in [9.17, 15) is 4.79 Å². The van der Waals surface area contributed by atoms with E-state index < -0.39 is 11.9 Å². The van der Waals surface area contributed by atoms with Gasteiger partial charge in [-0.3, -0.25) is 4.79 Å². The number of carbonyl (C=O) groups is 1. The molecule has 0 aliphatic carbocycles. The normalized spacial score (nSPS) is 13.8. The minimum atomic E-state index is -0.924. The lowest BCUT2D eigenvalue weighted by atomic mass is 9.97. The van der Waals surface area contributed by atoms with Crippen LogP contribution in [0.1, 0.15) is 13.8 Å². The smallest absolute Gasteiger partial charge is 0.309 e. The van der Waals surface area contributed by atoms with Crippen molar-refractivity contribution in [1.82, 2.24) is 0 Å². The van der Waals surface area contributed by atoms with Gasteiger partial charge >= 0.3 is 5.97 Å². The predicted octanol–water partition coefficient (Wildman–Crippen LogP) is 0.336. The molecule has 0 unspecified atom stereocenters. The van der Waals surface area contributed by atoms with Crippen molar-refractivity contribution in [1.29, 1.82) is 0 Å². The van der Waals surface area contributed by atoms with Crippen LogP contribution >= 0.6 is 0 Å². The van der Waals surface area contributed by atoms with Gasteiger partial charge in [0, 0.05) is 0 Å². The van der Waals surface area contributed by atoms with Crippen molar-refractivity contribution >= 4 is 5.97 Å². The van der Waals surface area contributed by atoms with E-state index in [0.29, 0.717) is 0 Å². The summed E-state index contributed by atoms with van der Waals surface area (Å²) in [5.41, 5.74) is 0. The molecule has 9 heavy (non-hydrogen) atoms. The van der Waals surface area contributed by atoms with Crippen LogP contribution in [0.4, 0.5) is 0 Å². The molecule has 0 aromatic carbocycles. The number of aliphatic hydroxyl groups is 1. The van der Waals surface area contributed by atoms with Crippen LogP contribution in [0.3, 0.4) is 0 Å². The zero-order valence-corrected chi connectivity index (χ0v) is 5.66. The van der Waals surface area contributed by atoms with Crippen LogP contribution in [0.2, 0.25) is 0 Å². The van der Waals surface area contributed by atoms with Gasteiger partial charge in [-0.05, 0) is 5.92 Å². The van der Waals surface area contributed by atoms with Crippen molar-refractivity contribution in [3.05, 3.63) is 0 Å². The van der Waals surface area contributed by atoms with Gasteiger partial charge in [0.25, 0.3) is 0 Å². The van der Waals surface area contributed by atoms with Crippen LogP contribution in [-0.2, 0) is 4.79 Å². The Morgan fingerprint density at radius 3 is 2.00 bits per heavy atom. The maximum absolute atomic E-state index is 10.2. The van der Waals surface area contributed by atoms with E-state index in [1.807, 2.05) is 0 Å². The lowest BCUT2D eigenvalue weighted by Gasteiger charge is -2.11. The summed E-state index contributed by atoms with van der Waals surface area (Å²) in [6.45, 7) is 3.27. The first-order valence-electron chi connectivity index (χ1n) is 2.93. The first-order valence-corrected chi connectivity index (χ1v) is 2.93. The number of aliphatic hydroxyl groups excluding tert-OH is 1. The molecule has 0 radical (unpaired) electrons. The van der Waals surface area contributed by atoms with Crippen molar-refractivity contribution in [2.75, 3.05) is 6.61 Å². The van der Waals surface area contributed by atoms with E-state index in [4.69, 9.17) is 10.2 Å². The molecule has 0 aliphatic rings. The molecule has 0 rings (SSSR count). The lowest BCUT2D eigenvalue weighted by Crippen LogP contribution is -2.23. The number of rotatable bonds is 3. The first kappa shape index (κ1) is 8.43. The molecular weight excluding hydrogens is 120 g/mol. The van der Waals surface area contributed by atoms with E-state index in [2.05, 4.69) is 0 Å². The van der Waals surface area contributed by atoms with Crippen LogP contribution in [-0.4, -0.2) is 22.8 Å². The molecule has 0 aromatic heterocycles. The Morgan fingerprint density at radius 2 is 2.00 bits per heavy atom. The van der Waals surface area contributed by atoms with Crippen molar-refractivity contribution in [2.45, 2.75) is 13.8 Å². The highest BCUT2D eigenvalue weighted by Gasteiger charge is 2.19. The van der Waals surface area contributed by atoms with Gasteiger partial charge in [0.1, 0.15) is 0 Å². The monoisotopic (exact) mass is 132 g/mol. The van der Waals surface area contributed by atoms with Gasteiger partial charge in [-0.15, -0.1) is 0 Å². The molecule has 0 bridgehead atoms. The number of carboxylic acid groups (broad SMARTS) is 1. The Balaban J connectivity index is 3.83. The summed E-state index contributed by atoms with van der Waals surface area (Å²) >= 11 is 0. The van der Waals surface area contributed by atoms with Gasteiger partial charge in [-0.1, -0.05) is 13.8 Å². The highest BCUT2D eigenvalue weighted by molar-refractivity contribution is 5.70. The second-order valence-electron chi connectivity index (χ2n) is 2.37. The Hall–Kier alpha value is -0.570. The molecule has 2 N–H and O–H groups in total. The minimum absolute atomic E-state index is 0.00694. The van der Waals surface area contributed by atoms with E-state index in [-0.39, 0.29) is 12.5 Å². The summed E-state index contributed by atoms with van der Waals surface area (Å²) in [7, 11) is 0. The summed E-state index contributed by atoms with van der Waals surface area (Å²) in [6, 6.07) is 0. The number of aliphatic carboxylic acids is 1. The lowest BCUT2D eigenvalue weighted by molar-refractivity contribution is -0.144. The van der Waals surface area contributed by atoms with Crippen molar-refractivity contribution in [2.24, 2.45) is 11.8 Å². The second-order valence-corrected chi connectivity index (χ2v) is 2.37. The quantitative estimate of drug-likeness (QED) is 0.582. The SMILES string of the molecule is CC(C)[C@@H](CO)C(=O)O. The molecule has 0 aliphatic heterocycles. The highest BCUT2D eigenvalue weighted by Crippen LogP contribution is 2.08. The highest BCUT2D eigenvalue weighted by atomic mass is 16.4. The molecule has 0 fully saturated rings. The van der Waals surface area contributed by atoms with Crippen LogP contribution < -0.4 is 0 Å². The topological polar surface area (TPSA) is 57.5 Å². The molecule has 0 amide bonds. The van der Waals surface area contributed by atoms with E-state index in [1.165, 1.54) is 0 Å². The number of hydrogen-bond acceptors (Lipinski definition) is 2. The van der Waals surface area contributed by atoms with Gasteiger partial charge in [0.2, 0.25) is 0 Å². The van der Waals surface area contributed by atoms with Gasteiger partial charge < -0.3 is 10.2 Å². The van der Waals surface area contributed by atoms with Crippen LogP contribution in [0.5, 0.6) is 0 Å². The molecule has 0 saturated heterocycles. The van der Waals surface area contributed by atoms with Gasteiger partial charge in [0.05, 0.1) is 12.5 Å². The van der Waals surface area contributed by atoms with E-state index in [1.54, 1.807) is 13.8 Å². The van der Waals surface area contributed by atoms with Crippen molar-refractivity contribution < 1.29 is 15.0 Å². The minimum Gasteiger partial charge on any atom is -0.481 e. The molecule has 3 nitrogen and oxygen atoms in total. The van der Waals surface area contributed by atoms with Gasteiger partial charge in [-0.25, -0.2) is 0 Å². The summed E-state index contributed by atoms with van der Waals surface area (Å²) in [6.07, 6.45) is 0. The maximum Gasteiger partial charge on any atom is 0.309 e. The fraction of sp³-hybridized carbons (Fsp3) is 0.833. The van der Waals surface area contributed by atoms with Crippen LogP contribution in [0, 0.1) is 11.8 Å². The molecule has 0 aromatic rings. The Labute approximate surface area is 54.3 Å². The average Bonchev–Trinajstić information content (AvgIpc) is 1.64. The Morgan fingerprint density at radius 1 is 1.56 bits per heavy atom. The van der Waals surface area contributed by atoms with Crippen LogP contribution in [0.25, 0.3) is 0 Å². The Bertz CT molecular complexity index is 98.5. The molecule has 3 heteroatoms. The number of hydrogen-bond donors (Lipinski definition) is 2. The molecule has 54 valence electrons. The first-order chi connectivity index (χ1) is 4.09. The fourth-order valence-corrected chi connectivity index (χ4v) is 0.574. The average molecular weight is 132 g/mol. The molecule has 0 saturated carbocycles. The zero-order chi connectivity index (χ0) is 7.44. The van der Waals surface area contributed by atoms with Crippen molar-refractivity contribution in [3.63, 3.8) is 0 Å². The molecule has 1 atom stereocenters. The van der Waals surface area contributed by atoms with Gasteiger partial charge in [-0.2, -0.15) is 0 Å². The summed E-state index contributed by atoms with van der Waals surface area (Å²) in [5.74, 6) is -1.52. The maximum atomic E-state index is 10.2. The van der Waals surface area contributed by atoms with E-state index >= 15 is 0 Å². The third-order valence-corrected chi connectivity index (χ3v) is 1.32. The largest absolute Gasteiger partial charge is 0.481 e. The zero-order valence-electron chi connectivity index (χ0n) is 5.66. The molecule has 0 spiro atoms. The third-order valence-electron chi connectivity index (χ3n) is 1.32. The summed E-state index contributed by atoms with van der Waals surface area (Å²) in [4.78, 5) is 10.2. The Kier molecular flexibility index (Phi) is 3.24. The third kappa shape index (κ3) is 2.46. The number of carboxylic acids is 1.